The van der Waals surface area contributed by atoms with Gasteiger partial charge in [-0.05, 0) is 29.4 Å². The molecule has 156 valence electrons. The zero-order valence-electron chi connectivity index (χ0n) is 18.4. The van der Waals surface area contributed by atoms with Crippen molar-refractivity contribution in [1.82, 2.24) is 4.98 Å². The van der Waals surface area contributed by atoms with E-state index >= 15 is 4.39 Å². The van der Waals surface area contributed by atoms with Crippen LogP contribution < -0.4 is 4.90 Å². The van der Waals surface area contributed by atoms with Gasteiger partial charge in [-0.3, -0.25) is 4.98 Å². The van der Waals surface area contributed by atoms with Gasteiger partial charge in [0, 0.05) is 43.9 Å². The fraction of sp³-hybridized carbons (Fsp3) is 0.500. The first-order valence-electron chi connectivity index (χ1n) is 10.0. The van der Waals surface area contributed by atoms with Gasteiger partial charge in [0.1, 0.15) is 23.3 Å². The van der Waals surface area contributed by atoms with Crippen LogP contribution in [0.5, 0.6) is 0 Å². The summed E-state index contributed by atoms with van der Waals surface area (Å²) in [7, 11) is 3.79. The molecule has 2 unspecified atom stereocenters. The topological polar surface area (TPSA) is 39.9 Å². The first-order valence-corrected chi connectivity index (χ1v) is 10.0. The molecule has 1 aliphatic rings. The smallest absolute Gasteiger partial charge is 0.149 e. The molecule has 5 heteroatoms. The van der Waals surface area contributed by atoms with Crippen LogP contribution in [0.1, 0.15) is 46.7 Å². The zero-order chi connectivity index (χ0) is 21.9. The molecule has 0 N–H and O–H groups in total. The van der Waals surface area contributed by atoms with Crippen LogP contribution in [-0.4, -0.2) is 19.1 Å². The fourth-order valence-electron chi connectivity index (χ4n) is 3.68. The van der Waals surface area contributed by atoms with Gasteiger partial charge < -0.3 is 4.90 Å². The standard InChI is InChI=1S/C24H31F2N3/c1-15(2)8-10-24(5,16(3)4)19-13-20(25)18(14-27)23(26)22(19)21-12-17(29(6)7)9-11-28-21/h8-12,15-16,19H,13H2,1-7H3. The Morgan fingerprint density at radius 3 is 2.45 bits per heavy atom. The molecule has 0 aliphatic heterocycles. The Labute approximate surface area is 173 Å². The van der Waals surface area contributed by atoms with Crippen molar-refractivity contribution in [1.29, 1.82) is 5.26 Å². The van der Waals surface area contributed by atoms with Crippen molar-refractivity contribution in [2.24, 2.45) is 23.2 Å². The summed E-state index contributed by atoms with van der Waals surface area (Å²) in [6.45, 7) is 10.3. The third-order valence-electron chi connectivity index (χ3n) is 5.94. The van der Waals surface area contributed by atoms with E-state index in [0.29, 0.717) is 17.2 Å². The summed E-state index contributed by atoms with van der Waals surface area (Å²) in [5.74, 6) is -1.51. The number of pyridine rings is 1. The van der Waals surface area contributed by atoms with Crippen molar-refractivity contribution in [2.45, 2.75) is 41.0 Å². The molecule has 1 aliphatic carbocycles. The molecular formula is C24H31F2N3. The number of allylic oxidation sites excluding steroid dienone is 6. The highest BCUT2D eigenvalue weighted by Crippen LogP contribution is 2.52. The zero-order valence-corrected chi connectivity index (χ0v) is 18.4. The van der Waals surface area contributed by atoms with Gasteiger partial charge in [-0.2, -0.15) is 5.26 Å². The molecule has 0 bridgehead atoms. The van der Waals surface area contributed by atoms with E-state index in [-0.39, 0.29) is 12.3 Å². The summed E-state index contributed by atoms with van der Waals surface area (Å²) in [5, 5.41) is 9.35. The lowest BCUT2D eigenvalue weighted by atomic mass is 9.62. The Morgan fingerprint density at radius 2 is 1.93 bits per heavy atom. The maximum absolute atomic E-state index is 15.5. The van der Waals surface area contributed by atoms with Crippen LogP contribution in [0.15, 0.2) is 47.7 Å². The van der Waals surface area contributed by atoms with Gasteiger partial charge in [0.2, 0.25) is 0 Å². The lowest BCUT2D eigenvalue weighted by Crippen LogP contribution is -2.34. The highest BCUT2D eigenvalue weighted by atomic mass is 19.1. The summed E-state index contributed by atoms with van der Waals surface area (Å²) in [6, 6.07) is 5.34. The third-order valence-corrected chi connectivity index (χ3v) is 5.94. The predicted octanol–water partition coefficient (Wildman–Crippen LogP) is 6.47. The van der Waals surface area contributed by atoms with Crippen LogP contribution in [-0.2, 0) is 0 Å². The van der Waals surface area contributed by atoms with Crippen LogP contribution >= 0.6 is 0 Å². The number of aromatic nitrogens is 1. The Bertz CT molecular complexity index is 888. The lowest BCUT2D eigenvalue weighted by Gasteiger charge is -2.42. The normalized spacial score (nSPS) is 19.9. The maximum atomic E-state index is 15.5. The van der Waals surface area contributed by atoms with Crippen LogP contribution in [0.3, 0.4) is 0 Å². The second-order valence-electron chi connectivity index (χ2n) is 8.79. The minimum absolute atomic E-state index is 0.0172. The summed E-state index contributed by atoms with van der Waals surface area (Å²) in [4.78, 5) is 6.31. The van der Waals surface area contributed by atoms with Gasteiger partial charge in [-0.15, -0.1) is 0 Å². The van der Waals surface area contributed by atoms with Crippen molar-refractivity contribution in [3.63, 3.8) is 0 Å². The van der Waals surface area contributed by atoms with E-state index in [4.69, 9.17) is 0 Å². The molecular weight excluding hydrogens is 368 g/mol. The Morgan fingerprint density at radius 1 is 1.28 bits per heavy atom. The largest absolute Gasteiger partial charge is 0.378 e. The van der Waals surface area contributed by atoms with Crippen LogP contribution in [0.4, 0.5) is 14.5 Å². The summed E-state index contributed by atoms with van der Waals surface area (Å²) < 4.78 is 30.3. The summed E-state index contributed by atoms with van der Waals surface area (Å²) >= 11 is 0. The van der Waals surface area contributed by atoms with Gasteiger partial charge in [0.05, 0.1) is 5.69 Å². The monoisotopic (exact) mass is 399 g/mol. The Balaban J connectivity index is 2.76. The SMILES string of the molecule is CC(C)C=CC(C)(C(C)C)C1CC(F)=C(C#N)C(F)=C1c1cc(N(C)C)ccn1. The highest BCUT2D eigenvalue weighted by Gasteiger charge is 2.43. The lowest BCUT2D eigenvalue weighted by molar-refractivity contribution is 0.208. The van der Waals surface area contributed by atoms with Crippen molar-refractivity contribution in [3.05, 3.63) is 53.4 Å². The van der Waals surface area contributed by atoms with Crippen LogP contribution in [0.25, 0.3) is 5.57 Å². The molecule has 0 saturated heterocycles. The average molecular weight is 400 g/mol. The van der Waals surface area contributed by atoms with Gasteiger partial charge >= 0.3 is 0 Å². The van der Waals surface area contributed by atoms with E-state index in [1.54, 1.807) is 18.3 Å². The number of rotatable bonds is 6. The minimum Gasteiger partial charge on any atom is -0.378 e. The molecule has 0 radical (unpaired) electrons. The van der Waals surface area contributed by atoms with Gasteiger partial charge in [-0.25, -0.2) is 8.78 Å². The molecule has 3 nitrogen and oxygen atoms in total. The molecule has 0 fully saturated rings. The Kier molecular flexibility index (Phi) is 7.00. The maximum Gasteiger partial charge on any atom is 0.149 e. The molecule has 2 atom stereocenters. The van der Waals surface area contributed by atoms with Crippen molar-refractivity contribution in [2.75, 3.05) is 19.0 Å². The van der Waals surface area contributed by atoms with E-state index in [1.165, 1.54) is 0 Å². The van der Waals surface area contributed by atoms with E-state index in [9.17, 15) is 9.65 Å². The van der Waals surface area contributed by atoms with E-state index < -0.39 is 28.6 Å². The number of hydrogen-bond acceptors (Lipinski definition) is 3. The minimum atomic E-state index is -0.797. The quantitative estimate of drug-likeness (QED) is 0.515. The summed E-state index contributed by atoms with van der Waals surface area (Å²) in [5.41, 5.74) is 0.615. The fourth-order valence-corrected chi connectivity index (χ4v) is 3.68. The summed E-state index contributed by atoms with van der Waals surface area (Å²) in [6.07, 6.45) is 5.78. The van der Waals surface area contributed by atoms with Gasteiger partial charge in [-0.1, -0.05) is 46.8 Å². The second-order valence-corrected chi connectivity index (χ2v) is 8.79. The van der Waals surface area contributed by atoms with E-state index in [0.717, 1.165) is 5.69 Å². The number of hydrogen-bond donors (Lipinski definition) is 0. The van der Waals surface area contributed by atoms with Crippen LogP contribution in [0, 0.1) is 34.5 Å². The molecule has 1 aromatic heterocycles. The molecule has 2 rings (SSSR count). The highest BCUT2D eigenvalue weighted by molar-refractivity contribution is 5.76. The molecule has 0 spiro atoms. The second kappa shape index (κ2) is 8.90. The van der Waals surface area contributed by atoms with E-state index in [1.807, 2.05) is 32.0 Å². The van der Waals surface area contributed by atoms with E-state index in [2.05, 4.69) is 44.8 Å². The number of nitrogens with zero attached hydrogens (tertiary/aromatic N) is 3. The van der Waals surface area contributed by atoms with Crippen molar-refractivity contribution in [3.8, 4) is 6.07 Å². The van der Waals surface area contributed by atoms with Crippen LogP contribution in [0.2, 0.25) is 0 Å². The predicted molar refractivity (Wildman–Crippen MR) is 115 cm³/mol. The van der Waals surface area contributed by atoms with Crippen molar-refractivity contribution < 1.29 is 8.78 Å². The molecule has 1 heterocycles. The molecule has 0 amide bonds. The number of anilines is 1. The number of halogens is 2. The molecule has 1 aromatic rings. The van der Waals surface area contributed by atoms with Crippen molar-refractivity contribution >= 4 is 11.3 Å². The molecule has 0 aromatic carbocycles. The first kappa shape index (κ1) is 22.8. The average Bonchev–Trinajstić information content (AvgIpc) is 2.65. The Hall–Kier alpha value is -2.48. The first-order chi connectivity index (χ1) is 13.5. The molecule has 0 saturated carbocycles. The van der Waals surface area contributed by atoms with Gasteiger partial charge in [0.25, 0.3) is 0 Å². The third kappa shape index (κ3) is 4.58. The molecule has 29 heavy (non-hydrogen) atoms. The van der Waals surface area contributed by atoms with Gasteiger partial charge in [0.15, 0.2) is 0 Å². The number of nitriles is 1.